The molecular formula is C10H13O3P. The molecule has 0 aliphatic carbocycles. The van der Waals surface area contributed by atoms with Gasteiger partial charge in [0.15, 0.2) is 0 Å². The zero-order chi connectivity index (χ0) is 10.6. The smallest absolute Gasteiger partial charge is 0.380 e. The molecule has 0 aliphatic rings. The lowest BCUT2D eigenvalue weighted by molar-refractivity contribution is 0.382. The Morgan fingerprint density at radius 3 is 2.79 bits per heavy atom. The van der Waals surface area contributed by atoms with E-state index in [0.717, 1.165) is 5.56 Å². The third-order valence-corrected chi connectivity index (χ3v) is 2.90. The van der Waals surface area contributed by atoms with Crippen molar-refractivity contribution in [3.05, 3.63) is 42.5 Å². The van der Waals surface area contributed by atoms with Crippen molar-refractivity contribution in [3.8, 4) is 5.75 Å². The molecule has 76 valence electrons. The van der Waals surface area contributed by atoms with Gasteiger partial charge in [-0.15, -0.1) is 6.58 Å². The molecule has 0 amide bonds. The summed E-state index contributed by atoms with van der Waals surface area (Å²) in [5.74, 6) is 0.445. The first-order valence-electron chi connectivity index (χ1n) is 4.23. The lowest BCUT2D eigenvalue weighted by Gasteiger charge is -2.12. The van der Waals surface area contributed by atoms with Gasteiger partial charge in [-0.05, 0) is 18.6 Å². The van der Waals surface area contributed by atoms with Crippen molar-refractivity contribution >= 4 is 7.60 Å². The van der Waals surface area contributed by atoms with Gasteiger partial charge in [0.05, 0.1) is 6.16 Å². The molecule has 0 heterocycles. The van der Waals surface area contributed by atoms with E-state index < -0.39 is 7.60 Å². The highest BCUT2D eigenvalue weighted by molar-refractivity contribution is 7.53. The maximum atomic E-state index is 11.4. The van der Waals surface area contributed by atoms with Crippen molar-refractivity contribution in [2.75, 3.05) is 6.16 Å². The second kappa shape index (κ2) is 4.45. The Hall–Kier alpha value is -1.05. The Morgan fingerprint density at radius 1 is 1.57 bits per heavy atom. The Bertz CT molecular complexity index is 373. The van der Waals surface area contributed by atoms with Gasteiger partial charge >= 0.3 is 7.60 Å². The van der Waals surface area contributed by atoms with Crippen LogP contribution in [0.15, 0.2) is 36.9 Å². The van der Waals surface area contributed by atoms with Crippen LogP contribution in [0.3, 0.4) is 0 Å². The summed E-state index contributed by atoms with van der Waals surface area (Å²) in [6.45, 7) is 5.22. The molecule has 0 bridgehead atoms. The van der Waals surface area contributed by atoms with Crippen LogP contribution < -0.4 is 4.52 Å². The van der Waals surface area contributed by atoms with Crippen LogP contribution in [0.4, 0.5) is 0 Å². The minimum Gasteiger partial charge on any atom is -0.424 e. The fourth-order valence-corrected chi connectivity index (χ4v) is 1.93. The van der Waals surface area contributed by atoms with E-state index in [1.165, 1.54) is 6.08 Å². The maximum Gasteiger partial charge on any atom is 0.380 e. The fourth-order valence-electron chi connectivity index (χ4n) is 1.01. The van der Waals surface area contributed by atoms with Crippen molar-refractivity contribution in [3.63, 3.8) is 0 Å². The molecule has 0 aromatic heterocycles. The van der Waals surface area contributed by atoms with Gasteiger partial charge in [-0.25, -0.2) is 4.57 Å². The van der Waals surface area contributed by atoms with E-state index in [-0.39, 0.29) is 6.16 Å². The second-order valence-corrected chi connectivity index (χ2v) is 4.79. The van der Waals surface area contributed by atoms with Crippen molar-refractivity contribution < 1.29 is 14.0 Å². The largest absolute Gasteiger partial charge is 0.424 e. The highest BCUT2D eigenvalue weighted by Crippen LogP contribution is 2.43. The summed E-state index contributed by atoms with van der Waals surface area (Å²) in [4.78, 5) is 9.35. The Kier molecular flexibility index (Phi) is 3.50. The van der Waals surface area contributed by atoms with Gasteiger partial charge < -0.3 is 9.42 Å². The van der Waals surface area contributed by atoms with Crippen molar-refractivity contribution in [1.82, 2.24) is 0 Å². The first-order chi connectivity index (χ1) is 6.55. The van der Waals surface area contributed by atoms with Crippen LogP contribution in [0.2, 0.25) is 0 Å². The predicted octanol–water partition coefficient (Wildman–Crippen LogP) is 2.75. The molecule has 14 heavy (non-hydrogen) atoms. The molecule has 0 radical (unpaired) electrons. The number of rotatable bonds is 4. The number of hydrogen-bond donors (Lipinski definition) is 1. The molecule has 0 fully saturated rings. The molecule has 1 N–H and O–H groups in total. The SMILES string of the molecule is C=CCP(=O)(O)Oc1ccccc1C. The summed E-state index contributed by atoms with van der Waals surface area (Å²) in [5.41, 5.74) is 0.839. The lowest BCUT2D eigenvalue weighted by atomic mass is 10.2. The van der Waals surface area contributed by atoms with Gasteiger partial charge in [-0.1, -0.05) is 24.3 Å². The zero-order valence-corrected chi connectivity index (χ0v) is 8.91. The van der Waals surface area contributed by atoms with E-state index in [1.54, 1.807) is 12.1 Å². The van der Waals surface area contributed by atoms with E-state index in [9.17, 15) is 9.46 Å². The monoisotopic (exact) mass is 212 g/mol. The zero-order valence-electron chi connectivity index (χ0n) is 8.01. The van der Waals surface area contributed by atoms with Gasteiger partial charge in [0.1, 0.15) is 5.75 Å². The van der Waals surface area contributed by atoms with Crippen LogP contribution in [0.25, 0.3) is 0 Å². The van der Waals surface area contributed by atoms with Crippen LogP contribution in [0, 0.1) is 6.92 Å². The van der Waals surface area contributed by atoms with Gasteiger partial charge in [0, 0.05) is 0 Å². The highest BCUT2D eigenvalue weighted by Gasteiger charge is 2.19. The van der Waals surface area contributed by atoms with Crippen LogP contribution in [-0.2, 0) is 4.57 Å². The molecular weight excluding hydrogens is 199 g/mol. The summed E-state index contributed by atoms with van der Waals surface area (Å²) in [6.07, 6.45) is 1.33. The molecule has 1 atom stereocenters. The number of hydrogen-bond acceptors (Lipinski definition) is 2. The van der Waals surface area contributed by atoms with Crippen molar-refractivity contribution in [1.29, 1.82) is 0 Å². The normalized spacial score (nSPS) is 14.4. The van der Waals surface area contributed by atoms with Crippen LogP contribution in [0.5, 0.6) is 5.75 Å². The van der Waals surface area contributed by atoms with E-state index in [4.69, 9.17) is 4.52 Å². The van der Waals surface area contributed by atoms with Gasteiger partial charge in [0.25, 0.3) is 0 Å². The summed E-state index contributed by atoms with van der Waals surface area (Å²) in [6, 6.07) is 7.10. The molecule has 0 aliphatic heterocycles. The number of benzene rings is 1. The van der Waals surface area contributed by atoms with Gasteiger partial charge in [-0.2, -0.15) is 0 Å². The molecule has 1 unspecified atom stereocenters. The standard InChI is InChI=1S/C10H13O3P/c1-3-8-14(11,12)13-10-7-5-4-6-9(10)2/h3-7H,1,8H2,2H3,(H,11,12). The quantitative estimate of drug-likeness (QED) is 0.616. The molecule has 1 aromatic carbocycles. The molecule has 4 heteroatoms. The topological polar surface area (TPSA) is 46.5 Å². The molecule has 3 nitrogen and oxygen atoms in total. The Balaban J connectivity index is 2.83. The average Bonchev–Trinajstić information content (AvgIpc) is 2.08. The summed E-state index contributed by atoms with van der Waals surface area (Å²) < 4.78 is 16.4. The summed E-state index contributed by atoms with van der Waals surface area (Å²) >= 11 is 0. The maximum absolute atomic E-state index is 11.4. The highest BCUT2D eigenvalue weighted by atomic mass is 31.2. The molecule has 1 rings (SSSR count). The summed E-state index contributed by atoms with van der Waals surface area (Å²) in [7, 11) is -3.56. The minimum atomic E-state index is -3.56. The van der Waals surface area contributed by atoms with Crippen LogP contribution in [-0.4, -0.2) is 11.1 Å². The van der Waals surface area contributed by atoms with E-state index >= 15 is 0 Å². The van der Waals surface area contributed by atoms with Gasteiger partial charge in [-0.3, -0.25) is 0 Å². The molecule has 0 saturated carbocycles. The number of para-hydroxylation sites is 1. The third-order valence-electron chi connectivity index (χ3n) is 1.69. The summed E-state index contributed by atoms with van der Waals surface area (Å²) in [5, 5.41) is 0. The number of aryl methyl sites for hydroxylation is 1. The van der Waals surface area contributed by atoms with Crippen LogP contribution in [0.1, 0.15) is 5.56 Å². The number of allylic oxidation sites excluding steroid dienone is 1. The second-order valence-electron chi connectivity index (χ2n) is 2.97. The predicted molar refractivity (Wildman–Crippen MR) is 56.7 cm³/mol. The van der Waals surface area contributed by atoms with Crippen molar-refractivity contribution in [2.45, 2.75) is 6.92 Å². The first kappa shape index (κ1) is 11.0. The fraction of sp³-hybridized carbons (Fsp3) is 0.200. The molecule has 1 aromatic rings. The van der Waals surface area contributed by atoms with Crippen LogP contribution >= 0.6 is 7.60 Å². The van der Waals surface area contributed by atoms with E-state index in [2.05, 4.69) is 6.58 Å². The third kappa shape index (κ3) is 3.02. The Labute approximate surface area is 83.6 Å². The van der Waals surface area contributed by atoms with E-state index in [0.29, 0.717) is 5.75 Å². The van der Waals surface area contributed by atoms with Gasteiger partial charge in [0.2, 0.25) is 0 Å². The average molecular weight is 212 g/mol. The van der Waals surface area contributed by atoms with E-state index in [1.807, 2.05) is 19.1 Å². The van der Waals surface area contributed by atoms with Crippen molar-refractivity contribution in [2.24, 2.45) is 0 Å². The lowest BCUT2D eigenvalue weighted by Crippen LogP contribution is -1.96. The first-order valence-corrected chi connectivity index (χ1v) is 5.99. The Morgan fingerprint density at radius 2 is 2.21 bits per heavy atom. The molecule has 0 saturated heterocycles. The minimum absolute atomic E-state index is 0.0403. The molecule has 0 spiro atoms.